The summed E-state index contributed by atoms with van der Waals surface area (Å²) in [6.45, 7) is 1.93. The number of aliphatic carboxylic acids is 1. The molecule has 8 heteroatoms. The molecule has 0 fully saturated rings. The minimum absolute atomic E-state index is 0.227. The summed E-state index contributed by atoms with van der Waals surface area (Å²) in [6, 6.07) is 4.61. The zero-order chi connectivity index (χ0) is 18.4. The number of aromatic nitrogens is 1. The van der Waals surface area contributed by atoms with E-state index in [2.05, 4.69) is 42.2 Å². The summed E-state index contributed by atoms with van der Waals surface area (Å²) in [4.78, 5) is 27.9. The lowest BCUT2D eigenvalue weighted by Gasteiger charge is -2.15. The normalized spacial score (nSPS) is 12.0. The van der Waals surface area contributed by atoms with Crippen molar-refractivity contribution < 1.29 is 14.7 Å². The molecule has 134 valence electrons. The Balaban J connectivity index is 1.87. The lowest BCUT2D eigenvalue weighted by atomic mass is 10.1. The van der Waals surface area contributed by atoms with Crippen molar-refractivity contribution in [3.63, 3.8) is 0 Å². The summed E-state index contributed by atoms with van der Waals surface area (Å²) in [5.41, 5.74) is 1.81. The molecule has 25 heavy (non-hydrogen) atoms. The van der Waals surface area contributed by atoms with E-state index < -0.39 is 12.0 Å². The SMILES string of the molecule is Cc1csc(CCCC(=O)NC(Cc2cc(Br)cc(Br)c2)C(=O)O)n1. The Morgan fingerprint density at radius 1 is 1.28 bits per heavy atom. The summed E-state index contributed by atoms with van der Waals surface area (Å²) in [5, 5.41) is 15.0. The fraction of sp³-hybridized carbons (Fsp3) is 0.353. The molecular weight excluding hydrogens is 472 g/mol. The smallest absolute Gasteiger partial charge is 0.326 e. The van der Waals surface area contributed by atoms with Crippen molar-refractivity contribution >= 4 is 55.1 Å². The molecule has 0 radical (unpaired) electrons. The number of aryl methyl sites for hydroxylation is 2. The van der Waals surface area contributed by atoms with Crippen molar-refractivity contribution in [2.45, 2.75) is 38.6 Å². The first-order valence-corrected chi connectivity index (χ1v) is 10.2. The average molecular weight is 490 g/mol. The lowest BCUT2D eigenvalue weighted by Crippen LogP contribution is -2.42. The molecule has 0 saturated heterocycles. The van der Waals surface area contributed by atoms with Crippen LogP contribution in [0.3, 0.4) is 0 Å². The third-order valence-corrected chi connectivity index (χ3v) is 5.40. The second-order valence-electron chi connectivity index (χ2n) is 5.68. The van der Waals surface area contributed by atoms with Gasteiger partial charge in [0.15, 0.2) is 0 Å². The van der Waals surface area contributed by atoms with Gasteiger partial charge in [0.2, 0.25) is 5.91 Å². The number of carboxylic acids is 1. The van der Waals surface area contributed by atoms with Gasteiger partial charge in [-0.05, 0) is 43.5 Å². The topological polar surface area (TPSA) is 79.3 Å². The number of hydrogen-bond acceptors (Lipinski definition) is 4. The van der Waals surface area contributed by atoms with E-state index in [9.17, 15) is 14.7 Å². The number of rotatable bonds is 8. The third-order valence-electron chi connectivity index (χ3n) is 3.46. The molecule has 2 rings (SSSR count). The van der Waals surface area contributed by atoms with Crippen molar-refractivity contribution in [2.24, 2.45) is 0 Å². The van der Waals surface area contributed by atoms with Gasteiger partial charge in [-0.15, -0.1) is 11.3 Å². The molecule has 0 saturated carbocycles. The van der Waals surface area contributed by atoms with Gasteiger partial charge in [0.1, 0.15) is 6.04 Å². The van der Waals surface area contributed by atoms with Crippen LogP contribution in [0.1, 0.15) is 29.1 Å². The zero-order valence-corrected chi connectivity index (χ0v) is 17.6. The second kappa shape index (κ2) is 9.45. The van der Waals surface area contributed by atoms with Crippen molar-refractivity contribution in [2.75, 3.05) is 0 Å². The number of amides is 1. The van der Waals surface area contributed by atoms with E-state index in [4.69, 9.17) is 0 Å². The number of thiazole rings is 1. The van der Waals surface area contributed by atoms with Crippen molar-refractivity contribution in [3.05, 3.63) is 48.8 Å². The van der Waals surface area contributed by atoms with Crippen LogP contribution in [-0.4, -0.2) is 28.0 Å². The molecule has 0 aliphatic rings. The number of carbonyl (C=O) groups is 2. The number of carbonyl (C=O) groups excluding carboxylic acids is 1. The Bertz CT molecular complexity index is 744. The third kappa shape index (κ3) is 6.87. The van der Waals surface area contributed by atoms with E-state index in [0.717, 1.165) is 31.6 Å². The Hall–Kier alpha value is -1.25. The van der Waals surface area contributed by atoms with Crippen LogP contribution in [0.4, 0.5) is 0 Å². The predicted molar refractivity (Wildman–Crippen MR) is 105 cm³/mol. The van der Waals surface area contributed by atoms with Crippen LogP contribution in [0.25, 0.3) is 0 Å². The highest BCUT2D eigenvalue weighted by Crippen LogP contribution is 2.21. The molecule has 1 atom stereocenters. The number of carboxylic acid groups (broad SMARTS) is 1. The Morgan fingerprint density at radius 3 is 2.52 bits per heavy atom. The molecule has 1 aromatic heterocycles. The maximum atomic E-state index is 12.1. The van der Waals surface area contributed by atoms with E-state index in [0.29, 0.717) is 6.42 Å². The van der Waals surface area contributed by atoms with Gasteiger partial charge in [0.05, 0.1) is 5.01 Å². The number of nitrogens with zero attached hydrogens (tertiary/aromatic N) is 1. The van der Waals surface area contributed by atoms with Crippen LogP contribution in [0.5, 0.6) is 0 Å². The summed E-state index contributed by atoms with van der Waals surface area (Å²) in [7, 11) is 0. The molecule has 0 bridgehead atoms. The predicted octanol–water partition coefficient (Wildman–Crippen LogP) is 4.11. The van der Waals surface area contributed by atoms with Crippen LogP contribution >= 0.6 is 43.2 Å². The Labute approximate surface area is 167 Å². The second-order valence-corrected chi connectivity index (χ2v) is 8.45. The first-order valence-electron chi connectivity index (χ1n) is 7.71. The van der Waals surface area contributed by atoms with E-state index in [1.165, 1.54) is 0 Å². The number of hydrogen-bond donors (Lipinski definition) is 2. The highest BCUT2D eigenvalue weighted by molar-refractivity contribution is 9.11. The monoisotopic (exact) mass is 488 g/mol. The molecule has 5 nitrogen and oxygen atoms in total. The average Bonchev–Trinajstić information content (AvgIpc) is 2.91. The molecule has 1 aromatic carbocycles. The summed E-state index contributed by atoms with van der Waals surface area (Å²) in [5.74, 6) is -1.30. The highest BCUT2D eigenvalue weighted by Gasteiger charge is 2.20. The van der Waals surface area contributed by atoms with Gasteiger partial charge < -0.3 is 10.4 Å². The van der Waals surface area contributed by atoms with Gasteiger partial charge in [0, 0.05) is 32.9 Å². The quantitative estimate of drug-likeness (QED) is 0.584. The van der Waals surface area contributed by atoms with E-state index in [-0.39, 0.29) is 18.7 Å². The first-order chi connectivity index (χ1) is 11.8. The molecule has 0 aliphatic carbocycles. The maximum Gasteiger partial charge on any atom is 0.326 e. The largest absolute Gasteiger partial charge is 0.480 e. The van der Waals surface area contributed by atoms with E-state index in [1.54, 1.807) is 11.3 Å². The fourth-order valence-electron chi connectivity index (χ4n) is 2.35. The van der Waals surface area contributed by atoms with Gasteiger partial charge in [-0.1, -0.05) is 31.9 Å². The standard InChI is InChI=1S/C17H18Br2N2O3S/c1-10-9-25-16(20-10)4-2-3-15(22)21-14(17(23)24)7-11-5-12(18)8-13(19)6-11/h5-6,8-9,14H,2-4,7H2,1H3,(H,21,22)(H,23,24). The molecule has 0 aliphatic heterocycles. The molecule has 0 spiro atoms. The number of halogens is 2. The van der Waals surface area contributed by atoms with Crippen molar-refractivity contribution in [3.8, 4) is 0 Å². The van der Waals surface area contributed by atoms with Crippen LogP contribution in [0.2, 0.25) is 0 Å². The summed E-state index contributed by atoms with van der Waals surface area (Å²) < 4.78 is 1.71. The Kier molecular flexibility index (Phi) is 7.58. The van der Waals surface area contributed by atoms with Gasteiger partial charge in [-0.3, -0.25) is 4.79 Å². The number of benzene rings is 1. The molecule has 1 amide bonds. The molecule has 2 N–H and O–H groups in total. The minimum Gasteiger partial charge on any atom is -0.480 e. The molecule has 1 unspecified atom stereocenters. The van der Waals surface area contributed by atoms with Crippen LogP contribution < -0.4 is 5.32 Å². The van der Waals surface area contributed by atoms with Crippen molar-refractivity contribution in [1.82, 2.24) is 10.3 Å². The molecule has 2 aromatic rings. The van der Waals surface area contributed by atoms with Gasteiger partial charge in [-0.2, -0.15) is 0 Å². The van der Waals surface area contributed by atoms with Gasteiger partial charge >= 0.3 is 5.97 Å². The molecular formula is C17H18Br2N2O3S. The van der Waals surface area contributed by atoms with Gasteiger partial charge in [0.25, 0.3) is 0 Å². The van der Waals surface area contributed by atoms with Crippen LogP contribution in [0.15, 0.2) is 32.5 Å². The number of nitrogens with one attached hydrogen (secondary N) is 1. The van der Waals surface area contributed by atoms with Gasteiger partial charge in [-0.25, -0.2) is 9.78 Å². The van der Waals surface area contributed by atoms with E-state index in [1.807, 2.05) is 30.5 Å². The lowest BCUT2D eigenvalue weighted by molar-refractivity contribution is -0.141. The maximum absolute atomic E-state index is 12.1. The first kappa shape index (κ1) is 20.1. The molecule has 1 heterocycles. The highest BCUT2D eigenvalue weighted by atomic mass is 79.9. The minimum atomic E-state index is -1.04. The zero-order valence-electron chi connectivity index (χ0n) is 13.6. The summed E-state index contributed by atoms with van der Waals surface area (Å²) in [6.07, 6.45) is 1.88. The van der Waals surface area contributed by atoms with E-state index >= 15 is 0 Å². The van der Waals surface area contributed by atoms with Crippen molar-refractivity contribution in [1.29, 1.82) is 0 Å². The fourth-order valence-corrected chi connectivity index (χ4v) is 4.56. The van der Waals surface area contributed by atoms with Crippen LogP contribution in [0, 0.1) is 6.92 Å². The summed E-state index contributed by atoms with van der Waals surface area (Å²) >= 11 is 8.34. The van der Waals surface area contributed by atoms with Crippen LogP contribution in [-0.2, 0) is 22.4 Å². The Morgan fingerprint density at radius 2 is 1.96 bits per heavy atom.